The molecule has 0 saturated heterocycles. The second-order valence-electron chi connectivity index (χ2n) is 3.84. The largest absolute Gasteiger partial charge is 0.508 e. The van der Waals surface area contributed by atoms with E-state index in [0.29, 0.717) is 5.92 Å². The number of ether oxygens (including phenoxy) is 1. The molecule has 16 heavy (non-hydrogen) atoms. The molecule has 2 atom stereocenters. The average Bonchev–Trinajstić information content (AvgIpc) is 2.27. The lowest BCUT2D eigenvalue weighted by atomic mass is 9.92. The van der Waals surface area contributed by atoms with E-state index in [0.717, 1.165) is 17.7 Å². The molecule has 0 fully saturated rings. The zero-order valence-electron chi connectivity index (χ0n) is 9.93. The summed E-state index contributed by atoms with van der Waals surface area (Å²) in [6.45, 7) is 4.16. The Bertz CT molecular complexity index is 331. The Labute approximate surface area is 103 Å². The minimum absolute atomic E-state index is 0. The minimum Gasteiger partial charge on any atom is -0.508 e. The maximum absolute atomic E-state index is 9.71. The van der Waals surface area contributed by atoms with E-state index in [4.69, 9.17) is 10.5 Å². The molecule has 0 aliphatic carbocycles. The Morgan fingerprint density at radius 1 is 1.44 bits per heavy atom. The van der Waals surface area contributed by atoms with E-state index in [1.54, 1.807) is 25.3 Å². The second-order valence-corrected chi connectivity index (χ2v) is 3.84. The maximum Gasteiger partial charge on any atom is 0.120 e. The molecule has 4 heteroatoms. The first kappa shape index (κ1) is 15.1. The zero-order chi connectivity index (χ0) is 11.4. The molecule has 1 rings (SSSR count). The highest BCUT2D eigenvalue weighted by Crippen LogP contribution is 2.31. The maximum atomic E-state index is 9.71. The van der Waals surface area contributed by atoms with E-state index in [9.17, 15) is 5.11 Å². The van der Waals surface area contributed by atoms with Crippen molar-refractivity contribution in [2.24, 2.45) is 11.7 Å². The standard InChI is InChI=1S/C12H19NO2.ClH/c1-4-8(2)12(13)10-7-9(15-3)5-6-11(10)14;/h5-8,12,14H,4,13H2,1-3H3;1H/t8?,12-;/m1./s1. The van der Waals surface area contributed by atoms with Crippen molar-refractivity contribution in [3.05, 3.63) is 23.8 Å². The molecule has 0 aliphatic heterocycles. The predicted octanol–water partition coefficient (Wildman–Crippen LogP) is 2.87. The van der Waals surface area contributed by atoms with Gasteiger partial charge in [0.05, 0.1) is 7.11 Å². The second kappa shape index (κ2) is 6.61. The van der Waals surface area contributed by atoms with Crippen LogP contribution in [0.5, 0.6) is 11.5 Å². The van der Waals surface area contributed by atoms with Gasteiger partial charge in [-0.25, -0.2) is 0 Å². The molecule has 0 amide bonds. The van der Waals surface area contributed by atoms with Crippen LogP contribution in [-0.2, 0) is 0 Å². The molecule has 92 valence electrons. The summed E-state index contributed by atoms with van der Waals surface area (Å²) in [7, 11) is 1.60. The van der Waals surface area contributed by atoms with Gasteiger partial charge in [0.2, 0.25) is 0 Å². The van der Waals surface area contributed by atoms with Crippen molar-refractivity contribution in [2.75, 3.05) is 7.11 Å². The van der Waals surface area contributed by atoms with E-state index in [1.165, 1.54) is 0 Å². The minimum atomic E-state index is -0.148. The number of phenolic OH excluding ortho intramolecular Hbond substituents is 1. The van der Waals surface area contributed by atoms with Crippen molar-refractivity contribution in [2.45, 2.75) is 26.3 Å². The first-order valence-corrected chi connectivity index (χ1v) is 5.22. The Balaban J connectivity index is 0.00000225. The third-order valence-corrected chi connectivity index (χ3v) is 2.85. The fourth-order valence-electron chi connectivity index (χ4n) is 1.49. The highest BCUT2D eigenvalue weighted by Gasteiger charge is 2.17. The summed E-state index contributed by atoms with van der Waals surface area (Å²) in [6, 6.07) is 5.00. The molecular weight excluding hydrogens is 226 g/mol. The molecule has 0 bridgehead atoms. The van der Waals surface area contributed by atoms with Crippen LogP contribution in [-0.4, -0.2) is 12.2 Å². The van der Waals surface area contributed by atoms with Crippen molar-refractivity contribution >= 4 is 12.4 Å². The summed E-state index contributed by atoms with van der Waals surface area (Å²) >= 11 is 0. The number of hydrogen-bond acceptors (Lipinski definition) is 3. The Morgan fingerprint density at radius 2 is 2.06 bits per heavy atom. The Morgan fingerprint density at radius 3 is 2.56 bits per heavy atom. The van der Waals surface area contributed by atoms with Crippen LogP contribution in [0.4, 0.5) is 0 Å². The van der Waals surface area contributed by atoms with Gasteiger partial charge in [-0.1, -0.05) is 20.3 Å². The van der Waals surface area contributed by atoms with Gasteiger partial charge in [-0.2, -0.15) is 0 Å². The highest BCUT2D eigenvalue weighted by atomic mass is 35.5. The van der Waals surface area contributed by atoms with Crippen molar-refractivity contribution in [1.82, 2.24) is 0 Å². The third kappa shape index (κ3) is 3.29. The third-order valence-electron chi connectivity index (χ3n) is 2.85. The number of methoxy groups -OCH3 is 1. The van der Waals surface area contributed by atoms with Crippen LogP contribution in [0.1, 0.15) is 31.9 Å². The molecule has 1 unspecified atom stereocenters. The molecule has 0 saturated carbocycles. The number of benzene rings is 1. The monoisotopic (exact) mass is 245 g/mol. The van der Waals surface area contributed by atoms with E-state index >= 15 is 0 Å². The van der Waals surface area contributed by atoms with Crippen LogP contribution < -0.4 is 10.5 Å². The fourth-order valence-corrected chi connectivity index (χ4v) is 1.49. The zero-order valence-corrected chi connectivity index (χ0v) is 10.8. The molecule has 3 N–H and O–H groups in total. The van der Waals surface area contributed by atoms with Crippen LogP contribution in [0.2, 0.25) is 0 Å². The molecule has 0 aromatic heterocycles. The normalized spacial score (nSPS) is 13.8. The average molecular weight is 246 g/mol. The smallest absolute Gasteiger partial charge is 0.120 e. The van der Waals surface area contributed by atoms with Gasteiger partial charge in [0.25, 0.3) is 0 Å². The predicted molar refractivity (Wildman–Crippen MR) is 68.3 cm³/mol. The molecule has 3 nitrogen and oxygen atoms in total. The molecule has 1 aromatic carbocycles. The van der Waals surface area contributed by atoms with Gasteiger partial charge in [-0.3, -0.25) is 0 Å². The van der Waals surface area contributed by atoms with E-state index in [1.807, 2.05) is 0 Å². The van der Waals surface area contributed by atoms with Crippen LogP contribution >= 0.6 is 12.4 Å². The molecule has 0 spiro atoms. The molecule has 1 aromatic rings. The van der Waals surface area contributed by atoms with E-state index < -0.39 is 0 Å². The lowest BCUT2D eigenvalue weighted by molar-refractivity contribution is 0.398. The summed E-state index contributed by atoms with van der Waals surface area (Å²) in [5, 5.41) is 9.71. The van der Waals surface area contributed by atoms with Gasteiger partial charge in [0, 0.05) is 11.6 Å². The summed E-state index contributed by atoms with van der Waals surface area (Å²) in [5.74, 6) is 1.30. The molecular formula is C12H20ClNO2. The molecule has 0 heterocycles. The number of rotatable bonds is 4. The first-order chi connectivity index (χ1) is 7.10. The summed E-state index contributed by atoms with van der Waals surface area (Å²) in [5.41, 5.74) is 6.81. The van der Waals surface area contributed by atoms with Crippen molar-refractivity contribution in [3.8, 4) is 11.5 Å². The van der Waals surface area contributed by atoms with E-state index in [2.05, 4.69) is 13.8 Å². The number of halogens is 1. The van der Waals surface area contributed by atoms with Gasteiger partial charge >= 0.3 is 0 Å². The van der Waals surface area contributed by atoms with E-state index in [-0.39, 0.29) is 24.2 Å². The first-order valence-electron chi connectivity index (χ1n) is 5.22. The van der Waals surface area contributed by atoms with Crippen molar-refractivity contribution < 1.29 is 9.84 Å². The lowest BCUT2D eigenvalue weighted by Gasteiger charge is -2.20. The Kier molecular flexibility index (Phi) is 6.22. The topological polar surface area (TPSA) is 55.5 Å². The van der Waals surface area contributed by atoms with Gasteiger partial charge in [0.1, 0.15) is 11.5 Å². The summed E-state index contributed by atoms with van der Waals surface area (Å²) in [6.07, 6.45) is 0.984. The summed E-state index contributed by atoms with van der Waals surface area (Å²) in [4.78, 5) is 0. The number of aromatic hydroxyl groups is 1. The molecule has 0 radical (unpaired) electrons. The molecule has 0 aliphatic rings. The van der Waals surface area contributed by atoms with Gasteiger partial charge < -0.3 is 15.6 Å². The SMILES string of the molecule is CCC(C)[C@@H](N)c1cc(OC)ccc1O.Cl. The van der Waals surface area contributed by atoms with Gasteiger partial charge in [-0.15, -0.1) is 12.4 Å². The van der Waals surface area contributed by atoms with Gasteiger partial charge in [0.15, 0.2) is 0 Å². The van der Waals surface area contributed by atoms with Crippen LogP contribution in [0, 0.1) is 5.92 Å². The fraction of sp³-hybridized carbons (Fsp3) is 0.500. The van der Waals surface area contributed by atoms with Crippen molar-refractivity contribution in [1.29, 1.82) is 0 Å². The number of hydrogen-bond donors (Lipinski definition) is 2. The van der Waals surface area contributed by atoms with Crippen LogP contribution in [0.15, 0.2) is 18.2 Å². The number of nitrogens with two attached hydrogens (primary N) is 1. The quantitative estimate of drug-likeness (QED) is 0.858. The van der Waals surface area contributed by atoms with Crippen LogP contribution in [0.3, 0.4) is 0 Å². The Hall–Kier alpha value is -0.930. The van der Waals surface area contributed by atoms with Crippen LogP contribution in [0.25, 0.3) is 0 Å². The number of phenols is 1. The van der Waals surface area contributed by atoms with Gasteiger partial charge in [-0.05, 0) is 24.1 Å². The van der Waals surface area contributed by atoms with Crippen molar-refractivity contribution in [3.63, 3.8) is 0 Å². The lowest BCUT2D eigenvalue weighted by Crippen LogP contribution is -2.18. The highest BCUT2D eigenvalue weighted by molar-refractivity contribution is 5.85. The summed E-state index contributed by atoms with van der Waals surface area (Å²) < 4.78 is 5.11.